The van der Waals surface area contributed by atoms with Crippen LogP contribution < -0.4 is 11.1 Å². The van der Waals surface area contributed by atoms with Crippen LogP contribution in [0.5, 0.6) is 0 Å². The van der Waals surface area contributed by atoms with Crippen molar-refractivity contribution in [2.24, 2.45) is 5.73 Å². The summed E-state index contributed by atoms with van der Waals surface area (Å²) >= 11 is 0. The third-order valence-electron chi connectivity index (χ3n) is 1.84. The van der Waals surface area contributed by atoms with E-state index in [2.05, 4.69) is 12.2 Å². The number of rotatable bonds is 5. The first-order valence-electron chi connectivity index (χ1n) is 5.57. The molecule has 3 N–H and O–H groups in total. The van der Waals surface area contributed by atoms with Crippen molar-refractivity contribution in [1.29, 1.82) is 0 Å². The molecule has 0 rings (SSSR count). The third kappa shape index (κ3) is 9.53. The molecule has 0 aliphatic rings. The molecule has 0 fully saturated rings. The van der Waals surface area contributed by atoms with Gasteiger partial charge in [0.15, 0.2) is 0 Å². The first kappa shape index (κ1) is 14.2. The van der Waals surface area contributed by atoms with Crippen molar-refractivity contribution < 1.29 is 9.53 Å². The summed E-state index contributed by atoms with van der Waals surface area (Å²) in [5, 5.41) is 2.66. The van der Waals surface area contributed by atoms with Crippen LogP contribution in [-0.4, -0.2) is 24.3 Å². The molecule has 1 unspecified atom stereocenters. The summed E-state index contributed by atoms with van der Waals surface area (Å²) in [6.07, 6.45) is 2.76. The Kier molecular flexibility index (Phi) is 6.32. The number of carbonyl (C=O) groups is 1. The largest absolute Gasteiger partial charge is 0.444 e. The maximum absolute atomic E-state index is 11.2. The zero-order valence-electron chi connectivity index (χ0n) is 10.3. The number of unbranched alkanes of at least 4 members (excludes halogenated alkanes) is 1. The molecule has 0 aliphatic carbocycles. The molecule has 4 heteroatoms. The van der Waals surface area contributed by atoms with Gasteiger partial charge in [-0.2, -0.15) is 0 Å². The second-order valence-corrected chi connectivity index (χ2v) is 4.79. The molecule has 0 spiro atoms. The van der Waals surface area contributed by atoms with Crippen molar-refractivity contribution in [3.63, 3.8) is 0 Å². The smallest absolute Gasteiger partial charge is 0.407 e. The number of alkyl carbamates (subject to hydrolysis) is 1. The van der Waals surface area contributed by atoms with Crippen LogP contribution >= 0.6 is 0 Å². The molecule has 1 amide bonds. The maximum Gasteiger partial charge on any atom is 0.407 e. The van der Waals surface area contributed by atoms with Gasteiger partial charge in [-0.15, -0.1) is 0 Å². The predicted molar refractivity (Wildman–Crippen MR) is 61.7 cm³/mol. The molecule has 0 saturated heterocycles. The summed E-state index contributed by atoms with van der Waals surface area (Å²) in [5.74, 6) is 0. The normalized spacial score (nSPS) is 13.4. The average Bonchev–Trinajstić information content (AvgIpc) is 2.08. The lowest BCUT2D eigenvalue weighted by Crippen LogP contribution is -2.40. The second-order valence-electron chi connectivity index (χ2n) is 4.79. The highest BCUT2D eigenvalue weighted by Crippen LogP contribution is 2.06. The molecule has 0 aromatic heterocycles. The SMILES string of the molecule is CCCCC(N)CNC(=O)OC(C)(C)C. The molecule has 0 aliphatic heterocycles. The lowest BCUT2D eigenvalue weighted by atomic mass is 10.1. The van der Waals surface area contributed by atoms with Gasteiger partial charge < -0.3 is 15.8 Å². The quantitative estimate of drug-likeness (QED) is 0.739. The Morgan fingerprint density at radius 1 is 1.47 bits per heavy atom. The third-order valence-corrected chi connectivity index (χ3v) is 1.84. The van der Waals surface area contributed by atoms with E-state index >= 15 is 0 Å². The molecule has 90 valence electrons. The number of nitrogens with one attached hydrogen (secondary N) is 1. The van der Waals surface area contributed by atoms with Gasteiger partial charge in [0.05, 0.1) is 0 Å². The Bertz CT molecular complexity index is 188. The van der Waals surface area contributed by atoms with Crippen LogP contribution in [0.3, 0.4) is 0 Å². The van der Waals surface area contributed by atoms with Crippen LogP contribution in [-0.2, 0) is 4.74 Å². The van der Waals surface area contributed by atoms with Crippen molar-refractivity contribution in [3.8, 4) is 0 Å². The summed E-state index contributed by atoms with van der Waals surface area (Å²) in [5.41, 5.74) is 5.35. The van der Waals surface area contributed by atoms with Crippen LogP contribution in [0.1, 0.15) is 47.0 Å². The van der Waals surface area contributed by atoms with E-state index in [9.17, 15) is 4.79 Å². The minimum atomic E-state index is -0.447. The summed E-state index contributed by atoms with van der Waals surface area (Å²) in [6, 6.07) is 0.0254. The van der Waals surface area contributed by atoms with E-state index in [4.69, 9.17) is 10.5 Å². The predicted octanol–water partition coefficient (Wildman–Crippen LogP) is 2.03. The summed E-state index contributed by atoms with van der Waals surface area (Å²) in [4.78, 5) is 11.2. The number of ether oxygens (including phenoxy) is 1. The Morgan fingerprint density at radius 3 is 2.53 bits per heavy atom. The summed E-state index contributed by atoms with van der Waals surface area (Å²) < 4.78 is 5.09. The molecule has 1 atom stereocenters. The van der Waals surface area contributed by atoms with Crippen molar-refractivity contribution in [1.82, 2.24) is 5.32 Å². The fourth-order valence-corrected chi connectivity index (χ4v) is 1.10. The first-order valence-corrected chi connectivity index (χ1v) is 5.57. The Balaban J connectivity index is 3.62. The van der Waals surface area contributed by atoms with Crippen LogP contribution in [0.2, 0.25) is 0 Å². The van der Waals surface area contributed by atoms with Gasteiger partial charge in [0.2, 0.25) is 0 Å². The molecule has 4 nitrogen and oxygen atoms in total. The van der Waals surface area contributed by atoms with Crippen molar-refractivity contribution in [2.75, 3.05) is 6.54 Å². The van der Waals surface area contributed by atoms with Gasteiger partial charge in [-0.3, -0.25) is 0 Å². The Labute approximate surface area is 92.6 Å². The lowest BCUT2D eigenvalue weighted by Gasteiger charge is -2.20. The van der Waals surface area contributed by atoms with Crippen LogP contribution in [0, 0.1) is 0 Å². The fraction of sp³-hybridized carbons (Fsp3) is 0.909. The van der Waals surface area contributed by atoms with Crippen LogP contribution in [0.4, 0.5) is 4.79 Å². The highest BCUT2D eigenvalue weighted by molar-refractivity contribution is 5.67. The van der Waals surface area contributed by atoms with Gasteiger partial charge in [0.25, 0.3) is 0 Å². The van der Waals surface area contributed by atoms with Gasteiger partial charge in [-0.25, -0.2) is 4.79 Å². The number of nitrogens with two attached hydrogens (primary N) is 1. The van der Waals surface area contributed by atoms with Gasteiger partial charge in [-0.1, -0.05) is 19.8 Å². The summed E-state index contributed by atoms with van der Waals surface area (Å²) in [6.45, 7) is 8.11. The van der Waals surface area contributed by atoms with Crippen molar-refractivity contribution in [2.45, 2.75) is 58.6 Å². The lowest BCUT2D eigenvalue weighted by molar-refractivity contribution is 0.0524. The van der Waals surface area contributed by atoms with Crippen LogP contribution in [0.15, 0.2) is 0 Å². The Morgan fingerprint density at radius 2 is 2.07 bits per heavy atom. The minimum Gasteiger partial charge on any atom is -0.444 e. The van der Waals surface area contributed by atoms with E-state index in [1.807, 2.05) is 20.8 Å². The molecule has 0 bridgehead atoms. The highest BCUT2D eigenvalue weighted by atomic mass is 16.6. The monoisotopic (exact) mass is 216 g/mol. The number of hydrogen-bond donors (Lipinski definition) is 2. The zero-order valence-corrected chi connectivity index (χ0v) is 10.3. The van der Waals surface area contributed by atoms with E-state index in [1.54, 1.807) is 0 Å². The fourth-order valence-electron chi connectivity index (χ4n) is 1.10. The molecular weight excluding hydrogens is 192 g/mol. The van der Waals surface area contributed by atoms with Crippen molar-refractivity contribution >= 4 is 6.09 Å². The van der Waals surface area contributed by atoms with Gasteiger partial charge in [-0.05, 0) is 27.2 Å². The molecule has 0 aromatic rings. The molecule has 0 heterocycles. The molecule has 0 aromatic carbocycles. The zero-order chi connectivity index (χ0) is 11.9. The molecule has 15 heavy (non-hydrogen) atoms. The van der Waals surface area contributed by atoms with Crippen LogP contribution in [0.25, 0.3) is 0 Å². The van der Waals surface area contributed by atoms with Crippen molar-refractivity contribution in [3.05, 3.63) is 0 Å². The maximum atomic E-state index is 11.2. The number of hydrogen-bond acceptors (Lipinski definition) is 3. The Hall–Kier alpha value is -0.770. The number of amides is 1. The van der Waals surface area contributed by atoms with E-state index in [0.29, 0.717) is 6.54 Å². The van der Waals surface area contributed by atoms with E-state index in [0.717, 1.165) is 19.3 Å². The first-order chi connectivity index (χ1) is 6.85. The van der Waals surface area contributed by atoms with E-state index in [-0.39, 0.29) is 6.04 Å². The van der Waals surface area contributed by atoms with Gasteiger partial charge >= 0.3 is 6.09 Å². The minimum absolute atomic E-state index is 0.0254. The molecule has 0 saturated carbocycles. The summed E-state index contributed by atoms with van der Waals surface area (Å²) in [7, 11) is 0. The standard InChI is InChI=1S/C11H24N2O2/c1-5-6-7-9(12)8-13-10(14)15-11(2,3)4/h9H,5-8,12H2,1-4H3,(H,13,14). The average molecular weight is 216 g/mol. The van der Waals surface area contributed by atoms with E-state index < -0.39 is 11.7 Å². The highest BCUT2D eigenvalue weighted by Gasteiger charge is 2.16. The second kappa shape index (κ2) is 6.67. The van der Waals surface area contributed by atoms with E-state index in [1.165, 1.54) is 0 Å². The van der Waals surface area contributed by atoms with Gasteiger partial charge in [0.1, 0.15) is 5.60 Å². The van der Waals surface area contributed by atoms with Gasteiger partial charge in [0, 0.05) is 12.6 Å². The molecular formula is C11H24N2O2. The molecule has 0 radical (unpaired) electrons. The number of carbonyl (C=O) groups excluding carboxylic acids is 1. The topological polar surface area (TPSA) is 64.3 Å².